The summed E-state index contributed by atoms with van der Waals surface area (Å²) in [5.74, 6) is 0.103. The first-order valence-corrected chi connectivity index (χ1v) is 8.49. The minimum absolute atomic E-state index is 0.103. The molecule has 2 aromatic heterocycles. The second-order valence-electron chi connectivity index (χ2n) is 4.39. The van der Waals surface area contributed by atoms with Crippen LogP contribution in [-0.4, -0.2) is 27.9 Å². The standard InChI is InChI=1S/C13H9Cl2N5O2S/c14-9-1-3-10(4-2-9)19-23(21,22)12-7-16-8-20(12)13-17-6-5-11(15)18-13/h1-8,19H. The molecule has 0 spiro atoms. The lowest BCUT2D eigenvalue weighted by Gasteiger charge is -2.10. The molecule has 0 aliphatic heterocycles. The summed E-state index contributed by atoms with van der Waals surface area (Å²) < 4.78 is 28.7. The summed E-state index contributed by atoms with van der Waals surface area (Å²) in [5, 5.41) is 0.581. The zero-order valence-corrected chi connectivity index (χ0v) is 13.7. The van der Waals surface area contributed by atoms with Gasteiger partial charge in [-0.2, -0.15) is 8.42 Å². The van der Waals surface area contributed by atoms with Crippen molar-refractivity contribution in [3.05, 3.63) is 59.2 Å². The van der Waals surface area contributed by atoms with Crippen LogP contribution >= 0.6 is 23.2 Å². The highest BCUT2D eigenvalue weighted by Gasteiger charge is 2.21. The summed E-state index contributed by atoms with van der Waals surface area (Å²) in [6.07, 6.45) is 3.91. The Kier molecular flexibility index (Phi) is 4.20. The summed E-state index contributed by atoms with van der Waals surface area (Å²) in [6, 6.07) is 7.75. The molecule has 0 atom stereocenters. The van der Waals surface area contributed by atoms with Gasteiger partial charge in [0.15, 0.2) is 5.03 Å². The number of halogens is 2. The van der Waals surface area contributed by atoms with E-state index in [0.717, 1.165) is 0 Å². The zero-order valence-electron chi connectivity index (χ0n) is 11.4. The predicted molar refractivity (Wildman–Crippen MR) is 86.4 cm³/mol. The third kappa shape index (κ3) is 3.44. The van der Waals surface area contributed by atoms with Gasteiger partial charge in [-0.25, -0.2) is 15.0 Å². The fraction of sp³-hybridized carbons (Fsp3) is 0. The topological polar surface area (TPSA) is 89.8 Å². The monoisotopic (exact) mass is 369 g/mol. The molecule has 0 radical (unpaired) electrons. The molecule has 0 fully saturated rings. The fourth-order valence-corrected chi connectivity index (χ4v) is 3.20. The van der Waals surface area contributed by atoms with Crippen molar-refractivity contribution in [2.45, 2.75) is 5.03 Å². The van der Waals surface area contributed by atoms with Crippen LogP contribution in [0.25, 0.3) is 5.95 Å². The zero-order chi connectivity index (χ0) is 16.4. The van der Waals surface area contributed by atoms with Crippen LogP contribution in [0.4, 0.5) is 5.69 Å². The number of benzene rings is 1. The first kappa shape index (κ1) is 15.7. The average Bonchev–Trinajstić information content (AvgIpc) is 3.00. The molecule has 3 rings (SSSR count). The first-order chi connectivity index (χ1) is 11.0. The van der Waals surface area contributed by atoms with E-state index in [4.69, 9.17) is 23.2 Å². The van der Waals surface area contributed by atoms with Gasteiger partial charge in [0.2, 0.25) is 5.95 Å². The van der Waals surface area contributed by atoms with Crippen LogP contribution in [0.5, 0.6) is 0 Å². The maximum Gasteiger partial charge on any atom is 0.279 e. The minimum Gasteiger partial charge on any atom is -0.278 e. The Morgan fingerprint density at radius 2 is 1.83 bits per heavy atom. The Morgan fingerprint density at radius 3 is 2.52 bits per heavy atom. The van der Waals surface area contributed by atoms with Gasteiger partial charge in [0.05, 0.1) is 6.20 Å². The van der Waals surface area contributed by atoms with Crippen molar-refractivity contribution in [3.63, 3.8) is 0 Å². The van der Waals surface area contributed by atoms with Gasteiger partial charge in [0.1, 0.15) is 11.5 Å². The van der Waals surface area contributed by atoms with Crippen molar-refractivity contribution in [1.82, 2.24) is 19.5 Å². The Hall–Kier alpha value is -2.16. The normalized spacial score (nSPS) is 11.4. The molecule has 0 unspecified atom stereocenters. The van der Waals surface area contributed by atoms with Gasteiger partial charge in [-0.1, -0.05) is 23.2 Å². The predicted octanol–water partition coefficient (Wildman–Crippen LogP) is 2.77. The summed E-state index contributed by atoms with van der Waals surface area (Å²) >= 11 is 11.6. The quantitative estimate of drug-likeness (QED) is 0.714. The summed E-state index contributed by atoms with van der Waals surface area (Å²) in [7, 11) is -3.89. The molecule has 7 nitrogen and oxygen atoms in total. The molecule has 2 heterocycles. The van der Waals surface area contributed by atoms with Gasteiger partial charge >= 0.3 is 0 Å². The molecule has 118 valence electrons. The van der Waals surface area contributed by atoms with Crippen LogP contribution in [0.1, 0.15) is 0 Å². The molecule has 1 aromatic carbocycles. The van der Waals surface area contributed by atoms with E-state index in [2.05, 4.69) is 19.7 Å². The Bertz CT molecular complexity index is 941. The lowest BCUT2D eigenvalue weighted by molar-refractivity contribution is 0.593. The van der Waals surface area contributed by atoms with Gasteiger partial charge in [-0.05, 0) is 30.3 Å². The van der Waals surface area contributed by atoms with Crippen molar-refractivity contribution >= 4 is 38.9 Å². The second-order valence-corrected chi connectivity index (χ2v) is 6.85. The van der Waals surface area contributed by atoms with E-state index in [0.29, 0.717) is 10.7 Å². The number of hydrogen-bond acceptors (Lipinski definition) is 5. The van der Waals surface area contributed by atoms with Crippen LogP contribution in [0.3, 0.4) is 0 Å². The summed E-state index contributed by atoms with van der Waals surface area (Å²) in [6.45, 7) is 0. The van der Waals surface area contributed by atoms with E-state index >= 15 is 0 Å². The van der Waals surface area contributed by atoms with E-state index in [1.165, 1.54) is 29.4 Å². The minimum atomic E-state index is -3.89. The molecular formula is C13H9Cl2N5O2S. The number of sulfonamides is 1. The second kappa shape index (κ2) is 6.15. The summed E-state index contributed by atoms with van der Waals surface area (Å²) in [5.41, 5.74) is 0.370. The molecule has 23 heavy (non-hydrogen) atoms. The number of hydrogen-bond donors (Lipinski definition) is 1. The highest BCUT2D eigenvalue weighted by atomic mass is 35.5. The van der Waals surface area contributed by atoms with Crippen molar-refractivity contribution < 1.29 is 8.42 Å². The number of anilines is 1. The lowest BCUT2D eigenvalue weighted by atomic mass is 10.3. The number of aromatic nitrogens is 4. The van der Waals surface area contributed by atoms with Gasteiger partial charge in [-0.3, -0.25) is 9.29 Å². The van der Waals surface area contributed by atoms with Crippen LogP contribution in [-0.2, 0) is 10.0 Å². The molecule has 0 amide bonds. The number of nitrogens with one attached hydrogen (secondary N) is 1. The van der Waals surface area contributed by atoms with E-state index in [1.54, 1.807) is 24.3 Å². The number of imidazole rings is 1. The van der Waals surface area contributed by atoms with E-state index in [9.17, 15) is 8.42 Å². The van der Waals surface area contributed by atoms with Crippen LogP contribution in [0.15, 0.2) is 54.1 Å². The average molecular weight is 370 g/mol. The van der Waals surface area contributed by atoms with Crippen LogP contribution < -0.4 is 4.72 Å². The molecule has 0 saturated carbocycles. The van der Waals surface area contributed by atoms with Gasteiger partial charge in [-0.15, -0.1) is 0 Å². The Morgan fingerprint density at radius 1 is 1.09 bits per heavy atom. The number of rotatable bonds is 4. The van der Waals surface area contributed by atoms with E-state index < -0.39 is 10.0 Å². The van der Waals surface area contributed by atoms with Crippen molar-refractivity contribution in [2.24, 2.45) is 0 Å². The maximum absolute atomic E-state index is 12.5. The number of nitrogens with zero attached hydrogens (tertiary/aromatic N) is 4. The third-order valence-corrected chi connectivity index (χ3v) is 4.62. The molecule has 1 N–H and O–H groups in total. The fourth-order valence-electron chi connectivity index (χ4n) is 1.80. The molecular weight excluding hydrogens is 361 g/mol. The van der Waals surface area contributed by atoms with E-state index in [1.807, 2.05) is 0 Å². The lowest BCUT2D eigenvalue weighted by Crippen LogP contribution is -2.17. The highest BCUT2D eigenvalue weighted by molar-refractivity contribution is 7.92. The van der Waals surface area contributed by atoms with Gasteiger partial charge in [0, 0.05) is 16.9 Å². The molecule has 0 saturated heterocycles. The van der Waals surface area contributed by atoms with Crippen LogP contribution in [0, 0.1) is 0 Å². The third-order valence-electron chi connectivity index (χ3n) is 2.80. The smallest absolute Gasteiger partial charge is 0.278 e. The first-order valence-electron chi connectivity index (χ1n) is 6.25. The Labute approximate surface area is 142 Å². The molecule has 0 bridgehead atoms. The molecule has 0 aliphatic carbocycles. The largest absolute Gasteiger partial charge is 0.279 e. The van der Waals surface area contributed by atoms with Crippen LogP contribution in [0.2, 0.25) is 10.2 Å². The van der Waals surface area contributed by atoms with Crippen molar-refractivity contribution in [3.8, 4) is 5.95 Å². The molecule has 10 heteroatoms. The highest BCUT2D eigenvalue weighted by Crippen LogP contribution is 2.20. The van der Waals surface area contributed by atoms with Gasteiger partial charge < -0.3 is 0 Å². The summed E-state index contributed by atoms with van der Waals surface area (Å²) in [4.78, 5) is 11.8. The van der Waals surface area contributed by atoms with Crippen molar-refractivity contribution in [2.75, 3.05) is 4.72 Å². The maximum atomic E-state index is 12.5. The van der Waals surface area contributed by atoms with E-state index in [-0.39, 0.29) is 16.1 Å². The van der Waals surface area contributed by atoms with Crippen molar-refractivity contribution in [1.29, 1.82) is 0 Å². The molecule has 0 aliphatic rings. The molecule has 3 aromatic rings. The van der Waals surface area contributed by atoms with Gasteiger partial charge in [0.25, 0.3) is 10.0 Å². The Balaban J connectivity index is 1.98. The SMILES string of the molecule is O=S(=O)(Nc1ccc(Cl)cc1)c1cncn1-c1nccc(Cl)n1.